The predicted octanol–water partition coefficient (Wildman–Crippen LogP) is 2.14. The molecule has 2 rings (SSSR count). The van der Waals surface area contributed by atoms with Crippen LogP contribution in [-0.2, 0) is 16.8 Å². The summed E-state index contributed by atoms with van der Waals surface area (Å²) in [5, 5.41) is 0. The Hall–Kier alpha value is -1.19. The quantitative estimate of drug-likeness (QED) is 0.728. The first kappa shape index (κ1) is 9.89. The van der Waals surface area contributed by atoms with Crippen LogP contribution in [0.5, 0.6) is 0 Å². The van der Waals surface area contributed by atoms with E-state index in [1.165, 1.54) is 0 Å². The van der Waals surface area contributed by atoms with E-state index in [-0.39, 0.29) is 16.8 Å². The molecule has 0 aliphatic rings. The van der Waals surface area contributed by atoms with Crippen molar-refractivity contribution < 1.29 is 16.8 Å². The molecule has 0 aliphatic carbocycles. The summed E-state index contributed by atoms with van der Waals surface area (Å²) in [6.07, 6.45) is 3.54. The maximum Gasteiger partial charge on any atom is 3.00 e. The molecule has 2 aromatic heterocycles. The molecule has 0 bridgehead atoms. The van der Waals surface area contributed by atoms with Crippen LogP contribution in [0.4, 0.5) is 0 Å². The third kappa shape index (κ3) is 2.37. The van der Waals surface area contributed by atoms with E-state index in [0.29, 0.717) is 0 Å². The molecule has 0 saturated heterocycles. The predicted molar refractivity (Wildman–Crippen MR) is 47.5 cm³/mol. The van der Waals surface area contributed by atoms with Crippen LogP contribution in [0.15, 0.2) is 48.8 Å². The van der Waals surface area contributed by atoms with Gasteiger partial charge in [-0.2, -0.15) is 0 Å². The second kappa shape index (κ2) is 4.74. The molecule has 2 heterocycles. The molecule has 0 N–H and O–H groups in total. The summed E-state index contributed by atoms with van der Waals surface area (Å²) in [6.45, 7) is 0. The van der Waals surface area contributed by atoms with Crippen molar-refractivity contribution in [3.63, 3.8) is 0 Å². The van der Waals surface area contributed by atoms with Gasteiger partial charge in [-0.3, -0.25) is 9.97 Å². The molecular weight excluding hydrogens is 207 g/mol. The number of pyridine rings is 2. The van der Waals surface area contributed by atoms with Gasteiger partial charge in [0, 0.05) is 12.4 Å². The molecule has 64 valence electrons. The smallest absolute Gasteiger partial charge is 0.255 e. The number of hydrogen-bond donors (Lipinski definition) is 0. The molecule has 0 unspecified atom stereocenters. The Morgan fingerprint density at radius 2 is 1.15 bits per heavy atom. The molecule has 13 heavy (non-hydrogen) atoms. The van der Waals surface area contributed by atoms with Gasteiger partial charge in [-0.1, -0.05) is 12.1 Å². The molecule has 3 heteroatoms. The zero-order chi connectivity index (χ0) is 8.23. The molecule has 0 spiro atoms. The fourth-order valence-corrected chi connectivity index (χ4v) is 1.03. The van der Waals surface area contributed by atoms with Crippen molar-refractivity contribution in [1.82, 2.24) is 9.97 Å². The van der Waals surface area contributed by atoms with Crippen LogP contribution in [-0.4, -0.2) is 9.97 Å². The van der Waals surface area contributed by atoms with Crippen LogP contribution >= 0.6 is 0 Å². The van der Waals surface area contributed by atoms with Gasteiger partial charge in [0.05, 0.1) is 11.4 Å². The zero-order valence-electron chi connectivity index (χ0n) is 6.85. The van der Waals surface area contributed by atoms with Gasteiger partial charge in [0.2, 0.25) is 0 Å². The summed E-state index contributed by atoms with van der Waals surface area (Å²) in [6, 6.07) is 11.6. The topological polar surface area (TPSA) is 25.8 Å². The monoisotopic (exact) mass is 215 g/mol. The summed E-state index contributed by atoms with van der Waals surface area (Å²) >= 11 is 0. The first-order chi connectivity index (χ1) is 5.97. The van der Waals surface area contributed by atoms with Crippen molar-refractivity contribution in [3.05, 3.63) is 48.8 Å². The zero-order valence-corrected chi connectivity index (χ0v) is 7.89. The number of rotatable bonds is 1. The van der Waals surface area contributed by atoms with Crippen LogP contribution in [0.2, 0.25) is 0 Å². The number of aromatic nitrogens is 2. The Bertz CT molecular complexity index is 310. The first-order valence-corrected chi connectivity index (χ1v) is 3.79. The van der Waals surface area contributed by atoms with Gasteiger partial charge < -0.3 is 0 Å². The normalized spacial score (nSPS) is 8.92. The fourth-order valence-electron chi connectivity index (χ4n) is 1.03. The number of nitrogens with zero attached hydrogens (tertiary/aromatic N) is 2. The molecular formula is C10H8CoN2+3. The first-order valence-electron chi connectivity index (χ1n) is 3.79. The molecule has 0 radical (unpaired) electrons. The number of hydrogen-bond acceptors (Lipinski definition) is 2. The Morgan fingerprint density at radius 1 is 0.692 bits per heavy atom. The van der Waals surface area contributed by atoms with Gasteiger partial charge in [0.25, 0.3) is 0 Å². The van der Waals surface area contributed by atoms with Gasteiger partial charge in [-0.15, -0.1) is 0 Å². The largest absolute Gasteiger partial charge is 3.00 e. The maximum absolute atomic E-state index is 4.19. The van der Waals surface area contributed by atoms with Gasteiger partial charge in [-0.25, -0.2) is 0 Å². The minimum atomic E-state index is 0. The standard InChI is InChI=1S/C10H8N2.Co/c1-3-7-11-9(5-1)10-6-2-4-8-12-10;/h1-8H;/q;+3. The third-order valence-corrected chi connectivity index (χ3v) is 1.59. The van der Waals surface area contributed by atoms with E-state index in [2.05, 4.69) is 9.97 Å². The maximum atomic E-state index is 4.19. The van der Waals surface area contributed by atoms with Gasteiger partial charge in [-0.05, 0) is 24.3 Å². The molecule has 0 atom stereocenters. The molecule has 0 amide bonds. The molecule has 0 aromatic carbocycles. The second-order valence-corrected chi connectivity index (χ2v) is 2.43. The van der Waals surface area contributed by atoms with E-state index in [4.69, 9.17) is 0 Å². The summed E-state index contributed by atoms with van der Waals surface area (Å²) < 4.78 is 0. The van der Waals surface area contributed by atoms with Crippen molar-refractivity contribution in [2.24, 2.45) is 0 Å². The average molecular weight is 215 g/mol. The van der Waals surface area contributed by atoms with Crippen LogP contribution in [0.3, 0.4) is 0 Å². The molecule has 0 fully saturated rings. The summed E-state index contributed by atoms with van der Waals surface area (Å²) in [7, 11) is 0. The van der Waals surface area contributed by atoms with Crippen LogP contribution < -0.4 is 0 Å². The molecule has 0 saturated carbocycles. The van der Waals surface area contributed by atoms with E-state index >= 15 is 0 Å². The van der Waals surface area contributed by atoms with Crippen LogP contribution in [0.1, 0.15) is 0 Å². The Morgan fingerprint density at radius 3 is 1.46 bits per heavy atom. The Labute approximate surface area is 87.2 Å². The third-order valence-electron chi connectivity index (χ3n) is 1.59. The van der Waals surface area contributed by atoms with E-state index in [0.717, 1.165) is 11.4 Å². The van der Waals surface area contributed by atoms with Gasteiger partial charge in [0.1, 0.15) is 0 Å². The fraction of sp³-hybridized carbons (Fsp3) is 0. The van der Waals surface area contributed by atoms with Crippen LogP contribution in [0, 0.1) is 0 Å². The van der Waals surface area contributed by atoms with E-state index in [9.17, 15) is 0 Å². The summed E-state index contributed by atoms with van der Waals surface area (Å²) in [4.78, 5) is 8.37. The summed E-state index contributed by atoms with van der Waals surface area (Å²) in [5.41, 5.74) is 1.83. The minimum Gasteiger partial charge on any atom is -0.255 e. The SMILES string of the molecule is [Co+3].c1ccc(-c2ccccn2)nc1. The molecule has 0 aliphatic heterocycles. The van der Waals surface area contributed by atoms with Crippen molar-refractivity contribution in [1.29, 1.82) is 0 Å². The Kier molecular flexibility index (Phi) is 3.61. The summed E-state index contributed by atoms with van der Waals surface area (Å²) in [5.74, 6) is 0. The van der Waals surface area contributed by atoms with Crippen molar-refractivity contribution in [2.75, 3.05) is 0 Å². The minimum absolute atomic E-state index is 0. The molecule has 2 nitrogen and oxygen atoms in total. The van der Waals surface area contributed by atoms with Gasteiger partial charge >= 0.3 is 16.8 Å². The van der Waals surface area contributed by atoms with Crippen LogP contribution in [0.25, 0.3) is 11.4 Å². The van der Waals surface area contributed by atoms with Crippen molar-refractivity contribution in [3.8, 4) is 11.4 Å². The van der Waals surface area contributed by atoms with Crippen molar-refractivity contribution >= 4 is 0 Å². The van der Waals surface area contributed by atoms with Crippen molar-refractivity contribution in [2.45, 2.75) is 0 Å². The van der Waals surface area contributed by atoms with E-state index in [1.807, 2.05) is 36.4 Å². The van der Waals surface area contributed by atoms with E-state index in [1.54, 1.807) is 12.4 Å². The Balaban J connectivity index is 0.000000845. The van der Waals surface area contributed by atoms with Gasteiger partial charge in [0.15, 0.2) is 0 Å². The molecule has 2 aromatic rings. The van der Waals surface area contributed by atoms with E-state index < -0.39 is 0 Å². The second-order valence-electron chi connectivity index (χ2n) is 2.43. The average Bonchev–Trinajstić information content (AvgIpc) is 2.21.